The third-order valence-corrected chi connectivity index (χ3v) is 4.70. The number of fused-ring (bicyclic) bond motifs is 2. The second-order valence-corrected chi connectivity index (χ2v) is 6.54. The van der Waals surface area contributed by atoms with Crippen molar-refractivity contribution in [3.63, 3.8) is 0 Å². The molecule has 0 saturated carbocycles. The molecule has 0 aromatic heterocycles. The van der Waals surface area contributed by atoms with Crippen LogP contribution in [0.3, 0.4) is 0 Å². The number of para-hydroxylation sites is 1. The van der Waals surface area contributed by atoms with E-state index in [0.717, 1.165) is 12.2 Å². The van der Waals surface area contributed by atoms with E-state index in [9.17, 15) is 4.79 Å². The van der Waals surface area contributed by atoms with E-state index < -0.39 is 0 Å². The summed E-state index contributed by atoms with van der Waals surface area (Å²) in [4.78, 5) is 12.0. The lowest BCUT2D eigenvalue weighted by Gasteiger charge is -2.28. The third kappa shape index (κ3) is 5.70. The molecule has 128 valence electrons. The van der Waals surface area contributed by atoms with Crippen molar-refractivity contribution >= 4 is 18.3 Å². The highest BCUT2D eigenvalue weighted by atomic mass is 35.5. The van der Waals surface area contributed by atoms with Gasteiger partial charge in [0, 0.05) is 25.0 Å². The summed E-state index contributed by atoms with van der Waals surface area (Å²) in [5, 5.41) is 6.65. The first-order valence-corrected chi connectivity index (χ1v) is 8.50. The highest BCUT2D eigenvalue weighted by Gasteiger charge is 2.33. The molecule has 5 heteroatoms. The van der Waals surface area contributed by atoms with Gasteiger partial charge in [-0.3, -0.25) is 4.79 Å². The van der Waals surface area contributed by atoms with E-state index in [1.807, 2.05) is 30.3 Å². The number of halogens is 1. The Morgan fingerprint density at radius 2 is 1.87 bits per heavy atom. The molecule has 2 heterocycles. The minimum atomic E-state index is 0. The molecule has 1 aromatic rings. The Labute approximate surface area is 144 Å². The topological polar surface area (TPSA) is 50.4 Å². The van der Waals surface area contributed by atoms with Gasteiger partial charge in [-0.25, -0.2) is 0 Å². The molecule has 0 radical (unpaired) electrons. The molecular formula is C18H27ClN2O2. The lowest BCUT2D eigenvalue weighted by Crippen LogP contribution is -2.39. The smallest absolute Gasteiger partial charge is 0.220 e. The van der Waals surface area contributed by atoms with Gasteiger partial charge in [-0.1, -0.05) is 18.2 Å². The first kappa shape index (κ1) is 18.1. The second kappa shape index (κ2) is 9.14. The van der Waals surface area contributed by atoms with Crippen molar-refractivity contribution < 1.29 is 9.53 Å². The molecule has 2 N–H and O–H groups in total. The molecule has 4 nitrogen and oxygen atoms in total. The van der Waals surface area contributed by atoms with Crippen molar-refractivity contribution in [2.75, 3.05) is 13.2 Å². The van der Waals surface area contributed by atoms with E-state index in [1.54, 1.807) is 0 Å². The van der Waals surface area contributed by atoms with Crippen molar-refractivity contribution in [1.29, 1.82) is 0 Å². The van der Waals surface area contributed by atoms with Gasteiger partial charge in [-0.2, -0.15) is 0 Å². The van der Waals surface area contributed by atoms with Crippen LogP contribution in [0.4, 0.5) is 0 Å². The number of carbonyl (C=O) groups is 1. The van der Waals surface area contributed by atoms with Crippen molar-refractivity contribution in [1.82, 2.24) is 10.6 Å². The SMILES string of the molecule is Cl.O=C(CC1CC2CCC(C1)N2)NCCCOc1ccccc1. The maximum absolute atomic E-state index is 12.0. The Bertz CT molecular complexity index is 471. The molecule has 1 aromatic carbocycles. The van der Waals surface area contributed by atoms with E-state index in [-0.39, 0.29) is 18.3 Å². The van der Waals surface area contributed by atoms with Gasteiger partial charge in [0.05, 0.1) is 6.61 Å². The molecule has 23 heavy (non-hydrogen) atoms. The fourth-order valence-corrected chi connectivity index (χ4v) is 3.68. The van der Waals surface area contributed by atoms with Crippen molar-refractivity contribution in [3.8, 4) is 5.75 Å². The largest absolute Gasteiger partial charge is 0.494 e. The van der Waals surface area contributed by atoms with Crippen LogP contribution in [0, 0.1) is 5.92 Å². The summed E-state index contributed by atoms with van der Waals surface area (Å²) in [6, 6.07) is 11.1. The summed E-state index contributed by atoms with van der Waals surface area (Å²) in [6.07, 6.45) is 6.45. The summed E-state index contributed by atoms with van der Waals surface area (Å²) < 4.78 is 5.61. The maximum atomic E-state index is 12.0. The maximum Gasteiger partial charge on any atom is 0.220 e. The number of nitrogens with one attached hydrogen (secondary N) is 2. The molecule has 2 atom stereocenters. The van der Waals surface area contributed by atoms with Crippen LogP contribution in [-0.4, -0.2) is 31.1 Å². The van der Waals surface area contributed by atoms with Crippen LogP contribution in [-0.2, 0) is 4.79 Å². The summed E-state index contributed by atoms with van der Waals surface area (Å²) in [6.45, 7) is 1.34. The van der Waals surface area contributed by atoms with Crippen molar-refractivity contribution in [3.05, 3.63) is 30.3 Å². The van der Waals surface area contributed by atoms with Crippen LogP contribution in [0.15, 0.2) is 30.3 Å². The summed E-state index contributed by atoms with van der Waals surface area (Å²) in [5.41, 5.74) is 0. The number of hydrogen-bond donors (Lipinski definition) is 2. The predicted molar refractivity (Wildman–Crippen MR) is 94.1 cm³/mol. The van der Waals surface area contributed by atoms with E-state index in [1.165, 1.54) is 25.7 Å². The van der Waals surface area contributed by atoms with Crippen LogP contribution in [0.25, 0.3) is 0 Å². The van der Waals surface area contributed by atoms with Gasteiger partial charge in [0.2, 0.25) is 5.91 Å². The number of piperidine rings is 1. The normalized spacial score (nSPS) is 25.5. The van der Waals surface area contributed by atoms with Crippen LogP contribution in [0.5, 0.6) is 5.75 Å². The van der Waals surface area contributed by atoms with Gasteiger partial charge in [0.15, 0.2) is 0 Å². The average Bonchev–Trinajstić information content (AvgIpc) is 2.87. The summed E-state index contributed by atoms with van der Waals surface area (Å²) >= 11 is 0. The van der Waals surface area contributed by atoms with Gasteiger partial charge in [-0.15, -0.1) is 12.4 Å². The van der Waals surface area contributed by atoms with Gasteiger partial charge in [-0.05, 0) is 50.2 Å². The second-order valence-electron chi connectivity index (χ2n) is 6.54. The number of carbonyl (C=O) groups excluding carboxylic acids is 1. The highest BCUT2D eigenvalue weighted by molar-refractivity contribution is 5.85. The Kier molecular flexibility index (Phi) is 7.18. The lowest BCUT2D eigenvalue weighted by atomic mass is 9.89. The Morgan fingerprint density at radius 1 is 1.17 bits per heavy atom. The van der Waals surface area contributed by atoms with Crippen LogP contribution in [0.2, 0.25) is 0 Å². The zero-order chi connectivity index (χ0) is 15.2. The first-order valence-electron chi connectivity index (χ1n) is 8.50. The Hall–Kier alpha value is -1.26. The minimum absolute atomic E-state index is 0. The van der Waals surface area contributed by atoms with Gasteiger partial charge < -0.3 is 15.4 Å². The first-order chi connectivity index (χ1) is 10.8. The van der Waals surface area contributed by atoms with E-state index >= 15 is 0 Å². The molecule has 2 unspecified atom stereocenters. The summed E-state index contributed by atoms with van der Waals surface area (Å²) in [7, 11) is 0. The van der Waals surface area contributed by atoms with E-state index in [2.05, 4.69) is 10.6 Å². The summed E-state index contributed by atoms with van der Waals surface area (Å²) in [5.74, 6) is 1.66. The molecule has 2 bridgehead atoms. The zero-order valence-corrected chi connectivity index (χ0v) is 14.3. The quantitative estimate of drug-likeness (QED) is 0.752. The van der Waals surface area contributed by atoms with Crippen LogP contribution < -0.4 is 15.4 Å². The van der Waals surface area contributed by atoms with E-state index in [4.69, 9.17) is 4.74 Å². The van der Waals surface area contributed by atoms with Crippen molar-refractivity contribution in [2.24, 2.45) is 5.92 Å². The zero-order valence-electron chi connectivity index (χ0n) is 13.5. The number of rotatable bonds is 7. The fourth-order valence-electron chi connectivity index (χ4n) is 3.68. The van der Waals surface area contributed by atoms with E-state index in [0.29, 0.717) is 37.6 Å². The molecule has 0 aliphatic carbocycles. The number of benzene rings is 1. The Morgan fingerprint density at radius 3 is 2.57 bits per heavy atom. The molecule has 2 aliphatic heterocycles. The number of ether oxygens (including phenoxy) is 1. The fraction of sp³-hybridized carbons (Fsp3) is 0.611. The van der Waals surface area contributed by atoms with Gasteiger partial charge in [0.25, 0.3) is 0 Å². The highest BCUT2D eigenvalue weighted by Crippen LogP contribution is 2.32. The van der Waals surface area contributed by atoms with Gasteiger partial charge in [0.1, 0.15) is 5.75 Å². The van der Waals surface area contributed by atoms with Crippen LogP contribution >= 0.6 is 12.4 Å². The molecule has 2 fully saturated rings. The molecule has 1 amide bonds. The van der Waals surface area contributed by atoms with Crippen LogP contribution in [0.1, 0.15) is 38.5 Å². The van der Waals surface area contributed by atoms with Crippen molar-refractivity contribution in [2.45, 2.75) is 50.6 Å². The average molecular weight is 339 g/mol. The number of amides is 1. The third-order valence-electron chi connectivity index (χ3n) is 4.70. The standard InChI is InChI=1S/C18H26N2O2.ClH/c21-18(13-14-11-15-7-8-16(12-14)20-15)19-9-4-10-22-17-5-2-1-3-6-17;/h1-3,5-6,14-16,20H,4,7-13H2,(H,19,21);1H. The van der Waals surface area contributed by atoms with Gasteiger partial charge >= 0.3 is 0 Å². The molecular weight excluding hydrogens is 312 g/mol. The predicted octanol–water partition coefficient (Wildman–Crippen LogP) is 2.91. The minimum Gasteiger partial charge on any atom is -0.494 e. The lowest BCUT2D eigenvalue weighted by molar-refractivity contribution is -0.122. The molecule has 0 spiro atoms. The molecule has 2 aliphatic rings. The monoisotopic (exact) mass is 338 g/mol. The Balaban J connectivity index is 0.00000192. The number of hydrogen-bond acceptors (Lipinski definition) is 3. The molecule has 2 saturated heterocycles. The molecule has 3 rings (SSSR count).